The lowest BCUT2D eigenvalue weighted by Crippen LogP contribution is -2.30. The summed E-state index contributed by atoms with van der Waals surface area (Å²) >= 11 is 5.91. The molecule has 1 aliphatic rings. The predicted octanol–water partition coefficient (Wildman–Crippen LogP) is 4.32. The van der Waals surface area contributed by atoms with Crippen molar-refractivity contribution in [3.63, 3.8) is 0 Å². The first-order chi connectivity index (χ1) is 10.6. The third-order valence-electron chi connectivity index (χ3n) is 4.22. The predicted molar refractivity (Wildman–Crippen MR) is 92.2 cm³/mol. The van der Waals surface area contributed by atoms with Crippen molar-refractivity contribution in [2.75, 3.05) is 6.54 Å². The minimum absolute atomic E-state index is 0. The Bertz CT molecular complexity index is 878. The molecule has 0 saturated heterocycles. The highest BCUT2D eigenvalue weighted by molar-refractivity contribution is 6.30. The van der Waals surface area contributed by atoms with E-state index in [1.54, 1.807) is 18.2 Å². The van der Waals surface area contributed by atoms with Crippen molar-refractivity contribution in [1.82, 2.24) is 10.3 Å². The van der Waals surface area contributed by atoms with Crippen molar-refractivity contribution in [2.45, 2.75) is 12.5 Å². The third kappa shape index (κ3) is 2.67. The van der Waals surface area contributed by atoms with Gasteiger partial charge in [0.25, 0.3) is 0 Å². The molecule has 1 unspecified atom stereocenters. The zero-order valence-electron chi connectivity index (χ0n) is 12.1. The fourth-order valence-corrected chi connectivity index (χ4v) is 3.39. The largest absolute Gasteiger partial charge is 0.508 e. The van der Waals surface area contributed by atoms with Gasteiger partial charge in [-0.3, -0.25) is 0 Å². The molecule has 4 rings (SSSR count). The zero-order chi connectivity index (χ0) is 15.3. The second-order valence-electron chi connectivity index (χ2n) is 5.55. The van der Waals surface area contributed by atoms with Gasteiger partial charge in [0.15, 0.2) is 0 Å². The van der Waals surface area contributed by atoms with Gasteiger partial charge in [-0.05, 0) is 42.3 Å². The van der Waals surface area contributed by atoms with E-state index in [1.807, 2.05) is 6.07 Å². The molecule has 1 aliphatic heterocycles. The Balaban J connectivity index is 0.00000156. The summed E-state index contributed by atoms with van der Waals surface area (Å²) in [6.45, 7) is 0.767. The number of halogens is 3. The maximum Gasteiger partial charge on any atom is 0.123 e. The Kier molecular flexibility index (Phi) is 4.23. The van der Waals surface area contributed by atoms with E-state index in [-0.39, 0.29) is 30.0 Å². The van der Waals surface area contributed by atoms with Gasteiger partial charge in [-0.15, -0.1) is 12.4 Å². The topological polar surface area (TPSA) is 48.0 Å². The number of phenols is 1. The molecule has 0 spiro atoms. The summed E-state index contributed by atoms with van der Waals surface area (Å²) in [6, 6.07) is 9.72. The van der Waals surface area contributed by atoms with Crippen LogP contribution in [0.3, 0.4) is 0 Å². The summed E-state index contributed by atoms with van der Waals surface area (Å²) in [7, 11) is 0. The number of phenolic OH excluding ortho intramolecular Hbond substituents is 1. The number of fused-ring (bicyclic) bond motifs is 3. The van der Waals surface area contributed by atoms with Crippen molar-refractivity contribution in [3.05, 3.63) is 64.1 Å². The minimum Gasteiger partial charge on any atom is -0.508 e. The minimum atomic E-state index is -0.237. The summed E-state index contributed by atoms with van der Waals surface area (Å²) in [6.07, 6.45) is 0.823. The Labute approximate surface area is 143 Å². The molecule has 3 aromatic rings. The van der Waals surface area contributed by atoms with Crippen LogP contribution < -0.4 is 5.32 Å². The van der Waals surface area contributed by atoms with Gasteiger partial charge in [-0.25, -0.2) is 4.39 Å². The van der Waals surface area contributed by atoms with Gasteiger partial charge in [0.1, 0.15) is 11.6 Å². The number of hydrogen-bond acceptors (Lipinski definition) is 2. The van der Waals surface area contributed by atoms with E-state index < -0.39 is 0 Å². The SMILES string of the molecule is Cl.Oc1cc(Cl)ccc1C1NCCc2c1[nH]c1ccc(F)cc21. The summed E-state index contributed by atoms with van der Waals surface area (Å²) < 4.78 is 13.5. The van der Waals surface area contributed by atoms with Gasteiger partial charge in [-0.2, -0.15) is 0 Å². The lowest BCUT2D eigenvalue weighted by atomic mass is 9.94. The third-order valence-corrected chi connectivity index (χ3v) is 4.45. The van der Waals surface area contributed by atoms with E-state index in [2.05, 4.69) is 10.3 Å². The van der Waals surface area contributed by atoms with E-state index in [0.29, 0.717) is 5.02 Å². The molecule has 0 bridgehead atoms. The quantitative estimate of drug-likeness (QED) is 0.610. The number of H-pyrrole nitrogens is 1. The van der Waals surface area contributed by atoms with Crippen LogP contribution in [0.5, 0.6) is 5.75 Å². The highest BCUT2D eigenvalue weighted by atomic mass is 35.5. The molecule has 2 heterocycles. The molecule has 0 aliphatic carbocycles. The van der Waals surface area contributed by atoms with Crippen LogP contribution in [0, 0.1) is 5.82 Å². The van der Waals surface area contributed by atoms with Crippen molar-refractivity contribution in [2.24, 2.45) is 0 Å². The Morgan fingerprint density at radius 2 is 2.00 bits per heavy atom. The van der Waals surface area contributed by atoms with Crippen LogP contribution in [0.1, 0.15) is 22.9 Å². The molecule has 2 aromatic carbocycles. The van der Waals surface area contributed by atoms with Crippen molar-refractivity contribution >= 4 is 34.9 Å². The van der Waals surface area contributed by atoms with E-state index >= 15 is 0 Å². The van der Waals surface area contributed by atoms with Gasteiger partial charge in [0.2, 0.25) is 0 Å². The van der Waals surface area contributed by atoms with Crippen LogP contribution >= 0.6 is 24.0 Å². The van der Waals surface area contributed by atoms with Crippen molar-refractivity contribution in [1.29, 1.82) is 0 Å². The number of benzene rings is 2. The number of aromatic amines is 1. The monoisotopic (exact) mass is 352 g/mol. The normalized spacial score (nSPS) is 16.9. The Morgan fingerprint density at radius 1 is 1.17 bits per heavy atom. The molecule has 6 heteroatoms. The first-order valence-electron chi connectivity index (χ1n) is 7.15. The first-order valence-corrected chi connectivity index (χ1v) is 7.53. The first kappa shape index (κ1) is 16.1. The lowest BCUT2D eigenvalue weighted by Gasteiger charge is -2.25. The summed E-state index contributed by atoms with van der Waals surface area (Å²) in [5, 5.41) is 15.0. The molecule has 0 saturated carbocycles. The van der Waals surface area contributed by atoms with E-state index in [0.717, 1.165) is 40.7 Å². The van der Waals surface area contributed by atoms with Crippen LogP contribution in [-0.4, -0.2) is 16.6 Å². The molecule has 1 aromatic heterocycles. The zero-order valence-corrected chi connectivity index (χ0v) is 13.6. The fourth-order valence-electron chi connectivity index (χ4n) is 3.23. The lowest BCUT2D eigenvalue weighted by molar-refractivity contribution is 0.452. The summed E-state index contributed by atoms with van der Waals surface area (Å²) in [4.78, 5) is 3.36. The smallest absolute Gasteiger partial charge is 0.123 e. The highest BCUT2D eigenvalue weighted by Crippen LogP contribution is 2.37. The van der Waals surface area contributed by atoms with E-state index in [9.17, 15) is 9.50 Å². The second kappa shape index (κ2) is 6.04. The molecule has 0 amide bonds. The van der Waals surface area contributed by atoms with Gasteiger partial charge < -0.3 is 15.4 Å². The summed E-state index contributed by atoms with van der Waals surface area (Å²) in [5.74, 6) is -0.0820. The average molecular weight is 353 g/mol. The van der Waals surface area contributed by atoms with Crippen LogP contribution in [0.2, 0.25) is 5.02 Å². The number of hydrogen-bond donors (Lipinski definition) is 3. The van der Waals surface area contributed by atoms with Crippen LogP contribution in [-0.2, 0) is 6.42 Å². The molecule has 1 atom stereocenters. The van der Waals surface area contributed by atoms with Gasteiger partial charge in [0.05, 0.1) is 6.04 Å². The summed E-state index contributed by atoms with van der Waals surface area (Å²) in [5.41, 5.74) is 3.75. The van der Waals surface area contributed by atoms with Gasteiger partial charge in [-0.1, -0.05) is 17.7 Å². The standard InChI is InChI=1S/C17H14ClFN2O.ClH/c18-9-1-3-12(15(22)7-9)16-17-11(5-6-20-16)13-8-10(19)2-4-14(13)21-17;/h1-4,7-8,16,20-22H,5-6H2;1H. The van der Waals surface area contributed by atoms with Gasteiger partial charge >= 0.3 is 0 Å². The van der Waals surface area contributed by atoms with E-state index in [4.69, 9.17) is 11.6 Å². The van der Waals surface area contributed by atoms with Crippen LogP contribution in [0.15, 0.2) is 36.4 Å². The maximum absolute atomic E-state index is 13.5. The molecule has 0 radical (unpaired) electrons. The van der Waals surface area contributed by atoms with Gasteiger partial charge in [0, 0.05) is 33.7 Å². The molecule has 3 N–H and O–H groups in total. The Morgan fingerprint density at radius 3 is 2.78 bits per heavy atom. The number of aromatic hydroxyl groups is 1. The molecular weight excluding hydrogens is 338 g/mol. The molecular formula is C17H15Cl2FN2O. The molecule has 3 nitrogen and oxygen atoms in total. The van der Waals surface area contributed by atoms with E-state index in [1.165, 1.54) is 12.1 Å². The average Bonchev–Trinajstić information content (AvgIpc) is 2.85. The molecule has 120 valence electrons. The number of rotatable bonds is 1. The number of nitrogens with one attached hydrogen (secondary N) is 2. The fraction of sp³-hybridized carbons (Fsp3) is 0.176. The van der Waals surface area contributed by atoms with Crippen LogP contribution in [0.25, 0.3) is 10.9 Å². The second-order valence-corrected chi connectivity index (χ2v) is 5.98. The number of aromatic nitrogens is 1. The van der Waals surface area contributed by atoms with Crippen molar-refractivity contribution < 1.29 is 9.50 Å². The maximum atomic E-state index is 13.5. The molecule has 23 heavy (non-hydrogen) atoms. The Hall–Kier alpha value is -1.75. The molecule has 0 fully saturated rings. The highest BCUT2D eigenvalue weighted by Gasteiger charge is 2.27. The van der Waals surface area contributed by atoms with Crippen LogP contribution in [0.4, 0.5) is 4.39 Å². The van der Waals surface area contributed by atoms with Crippen molar-refractivity contribution in [3.8, 4) is 5.75 Å².